The Balaban J connectivity index is 1.11. The van der Waals surface area contributed by atoms with Crippen molar-refractivity contribution in [1.82, 2.24) is 9.97 Å². The second-order valence-corrected chi connectivity index (χ2v) is 14.1. The smallest absolute Gasteiger partial charge is 0.0968 e. The minimum Gasteiger partial charge on any atom is -0.374 e. The van der Waals surface area contributed by atoms with Crippen molar-refractivity contribution in [2.24, 2.45) is 9.98 Å². The van der Waals surface area contributed by atoms with Gasteiger partial charge < -0.3 is 5.32 Å². The van der Waals surface area contributed by atoms with E-state index in [1.807, 2.05) is 20.1 Å². The van der Waals surface area contributed by atoms with Crippen molar-refractivity contribution in [3.8, 4) is 22.4 Å². The molecule has 54 heavy (non-hydrogen) atoms. The van der Waals surface area contributed by atoms with Crippen LogP contribution in [0.2, 0.25) is 0 Å². The van der Waals surface area contributed by atoms with Crippen molar-refractivity contribution in [2.45, 2.75) is 39.2 Å². The van der Waals surface area contributed by atoms with E-state index < -0.39 is 0 Å². The van der Waals surface area contributed by atoms with Gasteiger partial charge in [-0.3, -0.25) is 9.98 Å². The van der Waals surface area contributed by atoms with Gasteiger partial charge in [0.1, 0.15) is 0 Å². The van der Waals surface area contributed by atoms with Gasteiger partial charge in [-0.2, -0.15) is 0 Å². The van der Waals surface area contributed by atoms with Crippen molar-refractivity contribution in [3.63, 3.8) is 0 Å². The summed E-state index contributed by atoms with van der Waals surface area (Å²) in [7, 11) is 1.81. The average Bonchev–Trinajstić information content (AvgIpc) is 3.44. The second-order valence-electron chi connectivity index (χ2n) is 14.1. The summed E-state index contributed by atoms with van der Waals surface area (Å²) in [6.45, 7) is 4.04. The van der Waals surface area contributed by atoms with Gasteiger partial charge in [-0.05, 0) is 120 Å². The highest BCUT2D eigenvalue weighted by Gasteiger charge is 2.22. The average molecular weight is 700 g/mol. The molecule has 2 aromatic heterocycles. The molecule has 9 rings (SSSR count). The van der Waals surface area contributed by atoms with Gasteiger partial charge in [-0.25, -0.2) is 9.97 Å². The van der Waals surface area contributed by atoms with Gasteiger partial charge in [-0.1, -0.05) is 97.1 Å². The highest BCUT2D eigenvalue weighted by Crippen LogP contribution is 2.41. The molecule has 0 aliphatic carbocycles. The molecule has 1 N–H and O–H groups in total. The number of rotatable bonds is 6. The second kappa shape index (κ2) is 14.2. The van der Waals surface area contributed by atoms with E-state index in [-0.39, 0.29) is 6.04 Å². The molecule has 1 unspecified atom stereocenters. The molecule has 5 aromatic carbocycles. The first-order chi connectivity index (χ1) is 26.6. The molecule has 2 aliphatic rings. The molecule has 0 fully saturated rings. The van der Waals surface area contributed by atoms with Crippen LogP contribution in [-0.4, -0.2) is 28.9 Å². The lowest BCUT2D eigenvalue weighted by Gasteiger charge is -2.23. The van der Waals surface area contributed by atoms with E-state index in [0.29, 0.717) is 0 Å². The van der Waals surface area contributed by atoms with Crippen molar-refractivity contribution in [1.29, 1.82) is 0 Å². The molecular formula is C49H41N5. The van der Waals surface area contributed by atoms with Gasteiger partial charge in [-0.15, -0.1) is 0 Å². The lowest BCUT2D eigenvalue weighted by Crippen LogP contribution is -2.11. The molecule has 5 nitrogen and oxygen atoms in total. The van der Waals surface area contributed by atoms with Gasteiger partial charge in [0.05, 0.1) is 39.9 Å². The molecule has 262 valence electrons. The van der Waals surface area contributed by atoms with Crippen LogP contribution in [0.3, 0.4) is 0 Å². The fourth-order valence-electron chi connectivity index (χ4n) is 7.89. The van der Waals surface area contributed by atoms with Crippen LogP contribution in [0.1, 0.15) is 54.3 Å². The third-order valence-corrected chi connectivity index (χ3v) is 10.8. The maximum absolute atomic E-state index is 5.31. The highest BCUT2D eigenvalue weighted by molar-refractivity contribution is 6.03. The Morgan fingerprint density at radius 1 is 0.815 bits per heavy atom. The highest BCUT2D eigenvalue weighted by atomic mass is 14.9. The third kappa shape index (κ3) is 6.12. The van der Waals surface area contributed by atoms with Crippen LogP contribution in [0.15, 0.2) is 143 Å². The van der Waals surface area contributed by atoms with E-state index in [1.165, 1.54) is 38.6 Å². The normalized spacial score (nSPS) is 15.6. The molecule has 2 aliphatic heterocycles. The topological polar surface area (TPSA) is 62.5 Å². The fraction of sp³-hybridized carbons (Fsp3) is 0.143. The number of nitrogens with one attached hydrogen (secondary N) is 1. The van der Waals surface area contributed by atoms with E-state index in [9.17, 15) is 0 Å². The molecule has 4 heterocycles. The van der Waals surface area contributed by atoms with E-state index in [1.54, 1.807) is 7.05 Å². The van der Waals surface area contributed by atoms with Gasteiger partial charge in [0.25, 0.3) is 0 Å². The van der Waals surface area contributed by atoms with Crippen molar-refractivity contribution < 1.29 is 0 Å². The van der Waals surface area contributed by atoms with Crippen molar-refractivity contribution in [3.05, 3.63) is 161 Å². The summed E-state index contributed by atoms with van der Waals surface area (Å²) in [6.07, 6.45) is 18.0. The maximum Gasteiger partial charge on any atom is 0.0968 e. The molecule has 0 saturated carbocycles. The molecule has 5 heteroatoms. The van der Waals surface area contributed by atoms with Crippen LogP contribution < -0.4 is 5.32 Å². The number of fused-ring (bicyclic) bond motifs is 6. The minimum atomic E-state index is -0.0386. The number of allylic oxidation sites excluding steroid dienone is 4. The number of anilines is 1. The van der Waals surface area contributed by atoms with E-state index in [2.05, 4.69) is 150 Å². The molecule has 7 aromatic rings. The predicted octanol–water partition coefficient (Wildman–Crippen LogP) is 12.2. The number of aryl methyl sites for hydroxylation is 1. The van der Waals surface area contributed by atoms with E-state index >= 15 is 0 Å². The van der Waals surface area contributed by atoms with E-state index in [0.717, 1.165) is 80.7 Å². The largest absolute Gasteiger partial charge is 0.374 e. The summed E-state index contributed by atoms with van der Waals surface area (Å²) in [5.74, 6) is 0. The van der Waals surface area contributed by atoms with Crippen molar-refractivity contribution in [2.75, 3.05) is 12.4 Å². The summed E-state index contributed by atoms with van der Waals surface area (Å²) in [5, 5.41) is 8.58. The quantitative estimate of drug-likeness (QED) is 0.107. The van der Waals surface area contributed by atoms with Gasteiger partial charge in [0.15, 0.2) is 0 Å². The van der Waals surface area contributed by atoms with Gasteiger partial charge in [0, 0.05) is 35.3 Å². The van der Waals surface area contributed by atoms with Crippen LogP contribution in [0, 0.1) is 0 Å². The monoisotopic (exact) mass is 699 g/mol. The minimum absolute atomic E-state index is 0.0386. The van der Waals surface area contributed by atoms with Crippen LogP contribution in [-0.2, 0) is 12.8 Å². The Kier molecular flexibility index (Phi) is 8.76. The Hall–Kier alpha value is -6.46. The SMILES string of the molecule is C/C=C\C=C/c1cc(-c2ccc3ccc4c(c3n2)N=CCC4)c2ccccc2c1C1C=CCc2cc(-c3ccc4nc(C(C)=NC)ccc4c3)ccc2N1. The zero-order valence-electron chi connectivity index (χ0n) is 30.8. The predicted molar refractivity (Wildman–Crippen MR) is 230 cm³/mol. The molecule has 0 amide bonds. The first kappa shape index (κ1) is 33.4. The van der Waals surface area contributed by atoms with Gasteiger partial charge in [0.2, 0.25) is 0 Å². The fourth-order valence-corrected chi connectivity index (χ4v) is 7.89. The lowest BCUT2D eigenvalue weighted by molar-refractivity contribution is 0.997. The Bertz CT molecular complexity index is 2760. The van der Waals surface area contributed by atoms with Crippen molar-refractivity contribution >= 4 is 62.0 Å². The Morgan fingerprint density at radius 2 is 1.65 bits per heavy atom. The summed E-state index contributed by atoms with van der Waals surface area (Å²) in [5.41, 5.74) is 15.3. The van der Waals surface area contributed by atoms with Gasteiger partial charge >= 0.3 is 0 Å². The number of hydrogen-bond acceptors (Lipinski definition) is 5. The zero-order valence-corrected chi connectivity index (χ0v) is 30.8. The molecular weight excluding hydrogens is 659 g/mol. The Morgan fingerprint density at radius 3 is 2.54 bits per heavy atom. The molecule has 0 spiro atoms. The standard InChI is InChI=1S/C49H41N5/c1-4-5-6-11-38-30-41(45-26-19-33-18-17-32-13-10-27-51-48(32)49(33)54-45)39-14-7-8-15-40(39)47(38)46-16-9-12-36-28-34(20-24-43(36)53-46)35-21-25-44-37(29-35)22-23-42(52-44)31(2)50-3/h4-9,11,14-30,46,53H,10,12-13H2,1-3H3/b5-4-,11-6-,50-31?. The summed E-state index contributed by atoms with van der Waals surface area (Å²) >= 11 is 0. The van der Waals surface area contributed by atoms with E-state index in [4.69, 9.17) is 15.0 Å². The lowest BCUT2D eigenvalue weighted by atomic mass is 9.88. The summed E-state index contributed by atoms with van der Waals surface area (Å²) < 4.78 is 0. The van der Waals surface area contributed by atoms with Crippen LogP contribution in [0.25, 0.3) is 61.0 Å². The molecule has 1 atom stereocenters. The van der Waals surface area contributed by atoms with Crippen LogP contribution in [0.5, 0.6) is 0 Å². The molecule has 0 radical (unpaired) electrons. The van der Waals surface area contributed by atoms with Crippen LogP contribution >= 0.6 is 0 Å². The third-order valence-electron chi connectivity index (χ3n) is 10.8. The first-order valence-electron chi connectivity index (χ1n) is 18.8. The molecule has 0 bridgehead atoms. The van der Waals surface area contributed by atoms with Crippen LogP contribution in [0.4, 0.5) is 11.4 Å². The summed E-state index contributed by atoms with van der Waals surface area (Å²) in [6, 6.07) is 37.3. The number of aromatic nitrogens is 2. The zero-order chi connectivity index (χ0) is 36.6. The molecule has 0 saturated heterocycles. The number of aliphatic imine (C=N–C) groups is 2. The number of nitrogens with zero attached hydrogens (tertiary/aromatic N) is 4. The number of hydrogen-bond donors (Lipinski definition) is 1. The Labute approximate surface area is 316 Å². The summed E-state index contributed by atoms with van der Waals surface area (Å²) in [4.78, 5) is 19.3. The number of pyridine rings is 2. The first-order valence-corrected chi connectivity index (χ1v) is 18.8. The maximum atomic E-state index is 5.31. The number of benzene rings is 5.